The number of aryl methyl sites for hydroxylation is 1. The van der Waals surface area contributed by atoms with Gasteiger partial charge in [-0.1, -0.05) is 6.42 Å². The summed E-state index contributed by atoms with van der Waals surface area (Å²) in [6, 6.07) is 1.84. The number of nitrogens with zero attached hydrogens (tertiary/aromatic N) is 2. The Labute approximate surface area is 73.0 Å². The number of rotatable bonds is 5. The summed E-state index contributed by atoms with van der Waals surface area (Å²) in [4.78, 5) is 8.27. The van der Waals surface area contributed by atoms with E-state index in [0.717, 1.165) is 31.6 Å². The van der Waals surface area contributed by atoms with Gasteiger partial charge in [-0.05, 0) is 25.5 Å². The van der Waals surface area contributed by atoms with Crippen LogP contribution >= 0.6 is 0 Å². The molecule has 1 heterocycles. The standard InChI is InChI=1S/C9H15N3/c10-6-3-1-2-5-9-11-7-4-8-12-9/h4,7-8H,1-3,5-6,10H2. The van der Waals surface area contributed by atoms with Crippen molar-refractivity contribution >= 4 is 0 Å². The summed E-state index contributed by atoms with van der Waals surface area (Å²) in [6.45, 7) is 0.787. The minimum atomic E-state index is 0.787. The van der Waals surface area contributed by atoms with Crippen molar-refractivity contribution in [3.63, 3.8) is 0 Å². The summed E-state index contributed by atoms with van der Waals surface area (Å²) in [7, 11) is 0. The zero-order valence-electron chi connectivity index (χ0n) is 7.24. The number of aromatic nitrogens is 2. The summed E-state index contributed by atoms with van der Waals surface area (Å²) in [5.41, 5.74) is 5.38. The molecule has 0 saturated carbocycles. The monoisotopic (exact) mass is 165 g/mol. The third kappa shape index (κ3) is 3.44. The number of hydrogen-bond donors (Lipinski definition) is 1. The van der Waals surface area contributed by atoms with E-state index in [-0.39, 0.29) is 0 Å². The highest BCUT2D eigenvalue weighted by atomic mass is 14.8. The first-order valence-electron chi connectivity index (χ1n) is 4.39. The molecular weight excluding hydrogens is 150 g/mol. The van der Waals surface area contributed by atoms with Gasteiger partial charge in [0.1, 0.15) is 5.82 Å². The quantitative estimate of drug-likeness (QED) is 0.666. The summed E-state index contributed by atoms with van der Waals surface area (Å²) in [6.07, 6.45) is 7.96. The average molecular weight is 165 g/mol. The van der Waals surface area contributed by atoms with E-state index in [1.54, 1.807) is 12.4 Å². The van der Waals surface area contributed by atoms with E-state index < -0.39 is 0 Å². The second kappa shape index (κ2) is 5.66. The van der Waals surface area contributed by atoms with Crippen molar-refractivity contribution in [2.24, 2.45) is 5.73 Å². The SMILES string of the molecule is NCCCCCc1ncccn1. The van der Waals surface area contributed by atoms with Gasteiger partial charge in [0.05, 0.1) is 0 Å². The molecule has 0 fully saturated rings. The first kappa shape index (κ1) is 9.13. The van der Waals surface area contributed by atoms with Crippen molar-refractivity contribution in [3.8, 4) is 0 Å². The lowest BCUT2D eigenvalue weighted by Gasteiger charge is -1.97. The van der Waals surface area contributed by atoms with E-state index in [1.807, 2.05) is 6.07 Å². The Balaban J connectivity index is 2.16. The van der Waals surface area contributed by atoms with Gasteiger partial charge < -0.3 is 5.73 Å². The van der Waals surface area contributed by atoms with Crippen molar-refractivity contribution in [2.75, 3.05) is 6.54 Å². The van der Waals surface area contributed by atoms with Crippen LogP contribution in [0.2, 0.25) is 0 Å². The van der Waals surface area contributed by atoms with E-state index in [9.17, 15) is 0 Å². The molecule has 3 nitrogen and oxygen atoms in total. The van der Waals surface area contributed by atoms with Crippen molar-refractivity contribution in [3.05, 3.63) is 24.3 Å². The highest BCUT2D eigenvalue weighted by Gasteiger charge is 1.93. The van der Waals surface area contributed by atoms with Crippen LogP contribution in [-0.2, 0) is 6.42 Å². The van der Waals surface area contributed by atoms with E-state index in [0.29, 0.717) is 0 Å². The maximum atomic E-state index is 5.38. The Morgan fingerprint density at radius 2 is 1.83 bits per heavy atom. The van der Waals surface area contributed by atoms with Crippen molar-refractivity contribution in [1.29, 1.82) is 0 Å². The molecule has 0 amide bonds. The largest absolute Gasteiger partial charge is 0.330 e. The normalized spacial score (nSPS) is 10.1. The molecule has 0 radical (unpaired) electrons. The zero-order chi connectivity index (χ0) is 8.65. The Bertz CT molecular complexity index is 198. The van der Waals surface area contributed by atoms with Crippen LogP contribution in [0.25, 0.3) is 0 Å². The molecule has 0 aromatic carbocycles. The molecule has 1 aromatic rings. The van der Waals surface area contributed by atoms with Crippen molar-refractivity contribution < 1.29 is 0 Å². The van der Waals surface area contributed by atoms with Gasteiger partial charge >= 0.3 is 0 Å². The molecule has 2 N–H and O–H groups in total. The van der Waals surface area contributed by atoms with E-state index in [4.69, 9.17) is 5.73 Å². The Hall–Kier alpha value is -0.960. The molecule has 0 spiro atoms. The molecule has 0 bridgehead atoms. The lowest BCUT2D eigenvalue weighted by Crippen LogP contribution is -1.99. The van der Waals surface area contributed by atoms with Crippen molar-refractivity contribution in [2.45, 2.75) is 25.7 Å². The van der Waals surface area contributed by atoms with Gasteiger partial charge in [0, 0.05) is 18.8 Å². The fourth-order valence-electron chi connectivity index (χ4n) is 1.06. The zero-order valence-corrected chi connectivity index (χ0v) is 7.24. The predicted octanol–water partition coefficient (Wildman–Crippen LogP) is 1.15. The van der Waals surface area contributed by atoms with Crippen LogP contribution in [0.15, 0.2) is 18.5 Å². The molecule has 0 aliphatic heterocycles. The smallest absolute Gasteiger partial charge is 0.128 e. The van der Waals surface area contributed by atoms with Gasteiger partial charge in [0.2, 0.25) is 0 Å². The Kier molecular flexibility index (Phi) is 4.31. The van der Waals surface area contributed by atoms with Crippen LogP contribution in [0.1, 0.15) is 25.1 Å². The van der Waals surface area contributed by atoms with Crippen molar-refractivity contribution in [1.82, 2.24) is 9.97 Å². The molecule has 0 saturated heterocycles. The average Bonchev–Trinajstić information content (AvgIpc) is 2.14. The first-order valence-corrected chi connectivity index (χ1v) is 4.39. The molecule has 0 aliphatic rings. The highest BCUT2D eigenvalue weighted by molar-refractivity contribution is 4.88. The maximum Gasteiger partial charge on any atom is 0.128 e. The molecule has 3 heteroatoms. The highest BCUT2D eigenvalue weighted by Crippen LogP contribution is 1.99. The third-order valence-electron chi connectivity index (χ3n) is 1.72. The molecule has 0 atom stereocenters. The van der Waals surface area contributed by atoms with Gasteiger partial charge in [-0.3, -0.25) is 0 Å². The molecule has 66 valence electrons. The second-order valence-corrected chi connectivity index (χ2v) is 2.76. The molecule has 12 heavy (non-hydrogen) atoms. The molecular formula is C9H15N3. The van der Waals surface area contributed by atoms with Crippen LogP contribution < -0.4 is 5.73 Å². The second-order valence-electron chi connectivity index (χ2n) is 2.76. The lowest BCUT2D eigenvalue weighted by molar-refractivity contribution is 0.669. The lowest BCUT2D eigenvalue weighted by atomic mass is 10.2. The summed E-state index contributed by atoms with van der Waals surface area (Å²) < 4.78 is 0. The van der Waals surface area contributed by atoms with Crippen LogP contribution in [0.3, 0.4) is 0 Å². The number of nitrogens with two attached hydrogens (primary N) is 1. The van der Waals surface area contributed by atoms with Crippen LogP contribution in [0, 0.1) is 0 Å². The molecule has 0 unspecified atom stereocenters. The topological polar surface area (TPSA) is 51.8 Å². The maximum absolute atomic E-state index is 5.38. The Morgan fingerprint density at radius 1 is 1.08 bits per heavy atom. The third-order valence-corrected chi connectivity index (χ3v) is 1.72. The van der Waals surface area contributed by atoms with E-state index in [2.05, 4.69) is 9.97 Å². The Morgan fingerprint density at radius 3 is 2.50 bits per heavy atom. The number of hydrogen-bond acceptors (Lipinski definition) is 3. The minimum Gasteiger partial charge on any atom is -0.330 e. The summed E-state index contributed by atoms with van der Waals surface area (Å²) in [5.74, 6) is 0.939. The molecule has 1 rings (SSSR count). The summed E-state index contributed by atoms with van der Waals surface area (Å²) >= 11 is 0. The minimum absolute atomic E-state index is 0.787. The molecule has 1 aromatic heterocycles. The van der Waals surface area contributed by atoms with E-state index >= 15 is 0 Å². The van der Waals surface area contributed by atoms with E-state index in [1.165, 1.54) is 6.42 Å². The fourth-order valence-corrected chi connectivity index (χ4v) is 1.06. The summed E-state index contributed by atoms with van der Waals surface area (Å²) in [5, 5.41) is 0. The first-order chi connectivity index (χ1) is 5.93. The van der Waals surface area contributed by atoms with Crippen LogP contribution in [0.5, 0.6) is 0 Å². The number of unbranched alkanes of at least 4 members (excludes halogenated alkanes) is 2. The van der Waals surface area contributed by atoms with Gasteiger partial charge in [-0.15, -0.1) is 0 Å². The molecule has 0 aliphatic carbocycles. The van der Waals surface area contributed by atoms with Gasteiger partial charge in [0.15, 0.2) is 0 Å². The van der Waals surface area contributed by atoms with Gasteiger partial charge in [0.25, 0.3) is 0 Å². The fraction of sp³-hybridized carbons (Fsp3) is 0.556. The predicted molar refractivity (Wildman–Crippen MR) is 48.6 cm³/mol. The van der Waals surface area contributed by atoms with Gasteiger partial charge in [-0.2, -0.15) is 0 Å². The van der Waals surface area contributed by atoms with Crippen LogP contribution in [0.4, 0.5) is 0 Å². The van der Waals surface area contributed by atoms with Crippen LogP contribution in [-0.4, -0.2) is 16.5 Å². The van der Waals surface area contributed by atoms with Gasteiger partial charge in [-0.25, -0.2) is 9.97 Å².